The fourth-order valence-corrected chi connectivity index (χ4v) is 4.64. The van der Waals surface area contributed by atoms with E-state index in [4.69, 9.17) is 29.7 Å². The molecule has 2 unspecified atom stereocenters. The van der Waals surface area contributed by atoms with Gasteiger partial charge in [-0.05, 0) is 45.0 Å². The first-order valence-electron chi connectivity index (χ1n) is 12.1. The van der Waals surface area contributed by atoms with E-state index in [1.165, 1.54) is 0 Å². The Bertz CT molecular complexity index is 1190. The number of hydrogen-bond acceptors (Lipinski definition) is 8. The summed E-state index contributed by atoms with van der Waals surface area (Å²) in [4.78, 5) is 20.0. The van der Waals surface area contributed by atoms with Crippen LogP contribution in [0.1, 0.15) is 30.6 Å². The smallest absolute Gasteiger partial charge is 0.254 e. The molecule has 3 N–H and O–H groups in total. The van der Waals surface area contributed by atoms with E-state index < -0.39 is 0 Å². The Morgan fingerprint density at radius 1 is 1.08 bits per heavy atom. The number of benzene rings is 2. The number of imidazole rings is 1. The van der Waals surface area contributed by atoms with Gasteiger partial charge in [0.25, 0.3) is 5.91 Å². The molecule has 10 heteroatoms. The largest absolute Gasteiger partial charge is 0.493 e. The van der Waals surface area contributed by atoms with Crippen molar-refractivity contribution in [3.8, 4) is 17.2 Å². The summed E-state index contributed by atoms with van der Waals surface area (Å²) < 4.78 is 24.2. The minimum atomic E-state index is -0.00962. The molecule has 0 aliphatic carbocycles. The summed E-state index contributed by atoms with van der Waals surface area (Å²) in [5.74, 6) is 2.20. The molecule has 0 bridgehead atoms. The number of ether oxygens (including phenoxy) is 4. The molecule has 1 saturated heterocycles. The summed E-state index contributed by atoms with van der Waals surface area (Å²) in [6, 6.07) is 9.27. The number of methoxy groups -OCH3 is 3. The number of nitrogens with zero attached hydrogens (tertiary/aromatic N) is 3. The molecule has 2 aromatic carbocycles. The van der Waals surface area contributed by atoms with E-state index >= 15 is 0 Å². The first kappa shape index (κ1) is 25.6. The molecule has 194 valence electrons. The van der Waals surface area contributed by atoms with Crippen molar-refractivity contribution in [2.75, 3.05) is 46.3 Å². The molecular formula is C26H35N5O5. The molecule has 1 aromatic heterocycles. The number of nitrogens with one attached hydrogen (secondary N) is 1. The number of carbonyl (C=O) groups excluding carboxylic acids is 1. The Labute approximate surface area is 211 Å². The van der Waals surface area contributed by atoms with E-state index in [0.29, 0.717) is 54.9 Å². The maximum absolute atomic E-state index is 13.3. The van der Waals surface area contributed by atoms with Crippen LogP contribution in [0.15, 0.2) is 30.3 Å². The minimum Gasteiger partial charge on any atom is -0.493 e. The summed E-state index contributed by atoms with van der Waals surface area (Å²) in [5, 5.41) is 3.38. The van der Waals surface area contributed by atoms with Gasteiger partial charge in [-0.25, -0.2) is 4.98 Å². The average Bonchev–Trinajstić information content (AvgIpc) is 3.21. The van der Waals surface area contributed by atoms with Gasteiger partial charge in [-0.15, -0.1) is 0 Å². The summed E-state index contributed by atoms with van der Waals surface area (Å²) in [6.07, 6.45) is 0.767. The lowest BCUT2D eigenvalue weighted by Gasteiger charge is -2.35. The quantitative estimate of drug-likeness (QED) is 0.463. The van der Waals surface area contributed by atoms with Gasteiger partial charge in [0.2, 0.25) is 11.7 Å². The highest BCUT2D eigenvalue weighted by Gasteiger charge is 2.27. The normalized spacial score (nSPS) is 17.8. The van der Waals surface area contributed by atoms with Crippen molar-refractivity contribution in [3.05, 3.63) is 35.9 Å². The van der Waals surface area contributed by atoms with Crippen LogP contribution in [0.5, 0.6) is 17.2 Å². The fourth-order valence-electron chi connectivity index (χ4n) is 4.64. The molecule has 1 aliphatic heterocycles. The second-order valence-corrected chi connectivity index (χ2v) is 8.94. The van der Waals surface area contributed by atoms with E-state index in [9.17, 15) is 4.79 Å². The molecule has 3 aromatic rings. The molecule has 2 heterocycles. The highest BCUT2D eigenvalue weighted by atomic mass is 16.5. The first-order chi connectivity index (χ1) is 17.4. The van der Waals surface area contributed by atoms with Gasteiger partial charge in [-0.2, -0.15) is 0 Å². The summed E-state index contributed by atoms with van der Waals surface area (Å²) in [7, 11) is 4.72. The Balaban J connectivity index is 1.71. The van der Waals surface area contributed by atoms with Crippen LogP contribution in [-0.2, 0) is 11.3 Å². The number of hydrogen-bond donors (Lipinski definition) is 2. The molecule has 0 spiro atoms. The van der Waals surface area contributed by atoms with Crippen LogP contribution in [0, 0.1) is 0 Å². The number of anilines is 2. The van der Waals surface area contributed by atoms with Crippen LogP contribution in [0.3, 0.4) is 0 Å². The highest BCUT2D eigenvalue weighted by molar-refractivity contribution is 5.98. The molecule has 10 nitrogen and oxygen atoms in total. The molecule has 2 atom stereocenters. The average molecular weight is 498 g/mol. The standard InChI is InChI=1S/C26H35N5O5/c1-16-14-30(15-17(2)36-16)25(32)18-7-8-20-21(11-18)31(10-6-9-27)26(29-20)28-19-12-22(33-3)24(35-5)23(13-19)34-4/h7-8,11-13,16-17H,6,9-10,14-15,27H2,1-5H3,(H,28,29). The van der Waals surface area contributed by atoms with Gasteiger partial charge in [-0.3, -0.25) is 4.79 Å². The number of nitrogens with two attached hydrogens (primary N) is 1. The van der Waals surface area contributed by atoms with Crippen molar-refractivity contribution in [2.45, 2.75) is 39.0 Å². The molecule has 1 amide bonds. The van der Waals surface area contributed by atoms with Crippen LogP contribution in [0.4, 0.5) is 11.6 Å². The predicted molar refractivity (Wildman–Crippen MR) is 139 cm³/mol. The maximum atomic E-state index is 13.3. The van der Waals surface area contributed by atoms with Crippen LogP contribution in [-0.4, -0.2) is 73.5 Å². The third kappa shape index (κ3) is 5.19. The van der Waals surface area contributed by atoms with Crippen molar-refractivity contribution >= 4 is 28.6 Å². The summed E-state index contributed by atoms with van der Waals surface area (Å²) in [5.41, 5.74) is 8.81. The maximum Gasteiger partial charge on any atom is 0.254 e. The Kier molecular flexibility index (Phi) is 7.85. The lowest BCUT2D eigenvalue weighted by atomic mass is 10.1. The zero-order chi connectivity index (χ0) is 25.8. The number of rotatable bonds is 9. The fraction of sp³-hybridized carbons (Fsp3) is 0.462. The first-order valence-corrected chi connectivity index (χ1v) is 12.1. The molecule has 1 fully saturated rings. The third-order valence-electron chi connectivity index (χ3n) is 6.21. The van der Waals surface area contributed by atoms with Crippen molar-refractivity contribution in [1.29, 1.82) is 0 Å². The van der Waals surface area contributed by atoms with E-state index in [1.807, 2.05) is 53.6 Å². The number of aromatic nitrogens is 2. The predicted octanol–water partition coefficient (Wildman–Crippen LogP) is 3.40. The van der Waals surface area contributed by atoms with Gasteiger partial charge in [0, 0.05) is 43.0 Å². The molecule has 0 radical (unpaired) electrons. The van der Waals surface area contributed by atoms with E-state index in [-0.39, 0.29) is 18.1 Å². The zero-order valence-electron chi connectivity index (χ0n) is 21.5. The monoisotopic (exact) mass is 497 g/mol. The van der Waals surface area contributed by atoms with Crippen LogP contribution in [0.25, 0.3) is 11.0 Å². The SMILES string of the molecule is COc1cc(Nc2nc3ccc(C(=O)N4CC(C)OC(C)C4)cc3n2CCCN)cc(OC)c1OC. The topological polar surface area (TPSA) is 113 Å². The van der Waals surface area contributed by atoms with E-state index in [0.717, 1.165) is 23.1 Å². The molecular weight excluding hydrogens is 462 g/mol. The number of aryl methyl sites for hydroxylation is 1. The van der Waals surface area contributed by atoms with Crippen molar-refractivity contribution in [3.63, 3.8) is 0 Å². The van der Waals surface area contributed by atoms with Crippen LogP contribution in [0.2, 0.25) is 0 Å². The van der Waals surface area contributed by atoms with Gasteiger partial charge in [-0.1, -0.05) is 0 Å². The van der Waals surface area contributed by atoms with Gasteiger partial charge in [0.1, 0.15) is 0 Å². The third-order valence-corrected chi connectivity index (χ3v) is 6.21. The van der Waals surface area contributed by atoms with Gasteiger partial charge in [0.15, 0.2) is 11.5 Å². The summed E-state index contributed by atoms with van der Waals surface area (Å²) in [6.45, 7) is 6.29. The Hall–Kier alpha value is -3.50. The Morgan fingerprint density at radius 2 is 1.75 bits per heavy atom. The highest BCUT2D eigenvalue weighted by Crippen LogP contribution is 2.40. The molecule has 4 rings (SSSR count). The molecule has 1 aliphatic rings. The summed E-state index contributed by atoms with van der Waals surface area (Å²) >= 11 is 0. The number of carbonyl (C=O) groups is 1. The Morgan fingerprint density at radius 3 is 2.33 bits per heavy atom. The zero-order valence-corrected chi connectivity index (χ0v) is 21.5. The van der Waals surface area contributed by atoms with Gasteiger partial charge >= 0.3 is 0 Å². The minimum absolute atomic E-state index is 0.00537. The van der Waals surface area contributed by atoms with E-state index in [2.05, 4.69) is 5.32 Å². The van der Waals surface area contributed by atoms with Crippen LogP contribution >= 0.6 is 0 Å². The van der Waals surface area contributed by atoms with Crippen molar-refractivity contribution in [1.82, 2.24) is 14.5 Å². The van der Waals surface area contributed by atoms with Gasteiger partial charge < -0.3 is 39.5 Å². The lowest BCUT2D eigenvalue weighted by molar-refractivity contribution is -0.0586. The second kappa shape index (κ2) is 11.0. The van der Waals surface area contributed by atoms with Crippen LogP contribution < -0.4 is 25.3 Å². The van der Waals surface area contributed by atoms with E-state index in [1.54, 1.807) is 21.3 Å². The second-order valence-electron chi connectivity index (χ2n) is 8.94. The van der Waals surface area contributed by atoms with Crippen molar-refractivity contribution < 1.29 is 23.7 Å². The van der Waals surface area contributed by atoms with Crippen molar-refractivity contribution in [2.24, 2.45) is 5.73 Å². The van der Waals surface area contributed by atoms with Gasteiger partial charge in [0.05, 0.1) is 44.6 Å². The number of amides is 1. The number of fused-ring (bicyclic) bond motifs is 1. The molecule has 0 saturated carbocycles. The lowest BCUT2D eigenvalue weighted by Crippen LogP contribution is -2.48. The molecule has 36 heavy (non-hydrogen) atoms. The number of morpholine rings is 1.